The quantitative estimate of drug-likeness (QED) is 0.496. The van der Waals surface area contributed by atoms with Crippen LogP contribution in [-0.4, -0.2) is 50.7 Å². The number of aromatic nitrogens is 3. The number of hydrogen-bond donors (Lipinski definition) is 5. The van der Waals surface area contributed by atoms with Crippen molar-refractivity contribution in [3.63, 3.8) is 0 Å². The number of anilines is 1. The van der Waals surface area contributed by atoms with Crippen molar-refractivity contribution in [2.45, 2.75) is 38.3 Å². The Morgan fingerprint density at radius 3 is 2.76 bits per heavy atom. The Morgan fingerprint density at radius 1 is 1.44 bits per heavy atom. The van der Waals surface area contributed by atoms with Gasteiger partial charge in [-0.15, -0.1) is 12.4 Å². The van der Waals surface area contributed by atoms with Gasteiger partial charge in [0.05, 0.1) is 18.0 Å². The Kier molecular flexibility index (Phi) is 5.87. The van der Waals surface area contributed by atoms with E-state index in [-0.39, 0.29) is 42.4 Å². The van der Waals surface area contributed by atoms with Gasteiger partial charge in [-0.05, 0) is 24.8 Å². The maximum Gasteiger partial charge on any atom is 0.267 e. The standard InChI is InChI=1S/C16H24N6O2.ClH/c1-9(2)12(6-23)22-14-10-5-11(21-13(10)19-8-20-14)15(24)18-7-16(17)3-4-16;/h5,8-9,12,23H,3-4,6-7,17H2,1-2H3,(H,18,24)(H2,19,20,21,22);1H/t12-;/m0./s1. The van der Waals surface area contributed by atoms with E-state index in [2.05, 4.69) is 25.6 Å². The van der Waals surface area contributed by atoms with Gasteiger partial charge < -0.3 is 26.5 Å². The lowest BCUT2D eigenvalue weighted by molar-refractivity contribution is 0.0945. The molecule has 6 N–H and O–H groups in total. The topological polar surface area (TPSA) is 129 Å². The van der Waals surface area contributed by atoms with Crippen molar-refractivity contribution in [1.29, 1.82) is 0 Å². The molecule has 0 aliphatic heterocycles. The molecule has 1 amide bonds. The Hall–Kier alpha value is -1.90. The second kappa shape index (κ2) is 7.55. The van der Waals surface area contributed by atoms with E-state index in [1.807, 2.05) is 13.8 Å². The van der Waals surface area contributed by atoms with Gasteiger partial charge in [0.1, 0.15) is 23.5 Å². The second-order valence-electron chi connectivity index (χ2n) is 6.89. The first-order chi connectivity index (χ1) is 11.4. The third kappa shape index (κ3) is 4.39. The molecule has 2 heterocycles. The minimum Gasteiger partial charge on any atom is -0.394 e. The summed E-state index contributed by atoms with van der Waals surface area (Å²) >= 11 is 0. The Balaban J connectivity index is 0.00000225. The third-order valence-electron chi connectivity index (χ3n) is 4.49. The van der Waals surface area contributed by atoms with Gasteiger partial charge in [-0.1, -0.05) is 13.8 Å². The summed E-state index contributed by atoms with van der Waals surface area (Å²) in [7, 11) is 0. The van der Waals surface area contributed by atoms with E-state index in [1.54, 1.807) is 6.07 Å². The number of halogens is 1. The van der Waals surface area contributed by atoms with Crippen molar-refractivity contribution in [3.8, 4) is 0 Å². The van der Waals surface area contributed by atoms with Gasteiger partial charge >= 0.3 is 0 Å². The molecule has 9 heteroatoms. The first-order valence-electron chi connectivity index (χ1n) is 8.20. The van der Waals surface area contributed by atoms with E-state index in [1.165, 1.54) is 6.33 Å². The largest absolute Gasteiger partial charge is 0.394 e. The zero-order valence-electron chi connectivity index (χ0n) is 14.4. The molecule has 8 nitrogen and oxygen atoms in total. The van der Waals surface area contributed by atoms with Crippen LogP contribution in [0.4, 0.5) is 5.82 Å². The van der Waals surface area contributed by atoms with Crippen molar-refractivity contribution in [2.75, 3.05) is 18.5 Å². The number of nitrogens with one attached hydrogen (secondary N) is 3. The van der Waals surface area contributed by atoms with Crippen LogP contribution < -0.4 is 16.4 Å². The fourth-order valence-electron chi connectivity index (χ4n) is 2.46. The number of hydrogen-bond acceptors (Lipinski definition) is 6. The van der Waals surface area contributed by atoms with Crippen molar-refractivity contribution in [1.82, 2.24) is 20.3 Å². The van der Waals surface area contributed by atoms with Crippen LogP contribution in [0, 0.1) is 5.92 Å². The fourth-order valence-corrected chi connectivity index (χ4v) is 2.46. The summed E-state index contributed by atoms with van der Waals surface area (Å²) in [5, 5.41) is 16.3. The lowest BCUT2D eigenvalue weighted by Gasteiger charge is -2.20. The average Bonchev–Trinajstić information content (AvgIpc) is 3.12. The molecule has 1 atom stereocenters. The van der Waals surface area contributed by atoms with E-state index in [0.717, 1.165) is 18.2 Å². The van der Waals surface area contributed by atoms with Gasteiger partial charge in [0.2, 0.25) is 0 Å². The molecule has 0 unspecified atom stereocenters. The number of nitrogens with two attached hydrogens (primary N) is 1. The monoisotopic (exact) mass is 368 g/mol. The zero-order chi connectivity index (χ0) is 17.3. The molecule has 25 heavy (non-hydrogen) atoms. The van der Waals surface area contributed by atoms with E-state index < -0.39 is 0 Å². The molecule has 1 aliphatic carbocycles. The second-order valence-corrected chi connectivity index (χ2v) is 6.89. The smallest absolute Gasteiger partial charge is 0.267 e. The molecule has 0 bridgehead atoms. The molecule has 1 fully saturated rings. The Labute approximate surface area is 152 Å². The van der Waals surface area contributed by atoms with Crippen molar-refractivity contribution < 1.29 is 9.90 Å². The van der Waals surface area contributed by atoms with Gasteiger partial charge in [0.25, 0.3) is 5.91 Å². The molecule has 1 saturated carbocycles. The molecule has 2 aromatic rings. The number of aromatic amines is 1. The Morgan fingerprint density at radius 2 is 2.16 bits per heavy atom. The molecule has 1 aliphatic rings. The minimum absolute atomic E-state index is 0. The summed E-state index contributed by atoms with van der Waals surface area (Å²) in [4.78, 5) is 23.7. The number of aliphatic hydroxyl groups excluding tert-OH is 1. The number of H-pyrrole nitrogens is 1. The van der Waals surface area contributed by atoms with Crippen molar-refractivity contribution >= 4 is 35.2 Å². The number of carbonyl (C=O) groups excluding carboxylic acids is 1. The normalized spacial score (nSPS) is 16.4. The summed E-state index contributed by atoms with van der Waals surface area (Å²) in [5.41, 5.74) is 6.75. The van der Waals surface area contributed by atoms with Gasteiger partial charge in [-0.2, -0.15) is 0 Å². The lowest BCUT2D eigenvalue weighted by atomic mass is 10.1. The summed E-state index contributed by atoms with van der Waals surface area (Å²) in [6, 6.07) is 1.60. The highest BCUT2D eigenvalue weighted by Crippen LogP contribution is 2.31. The van der Waals surface area contributed by atoms with Crippen LogP contribution in [0.2, 0.25) is 0 Å². The molecule has 0 saturated heterocycles. The number of carbonyl (C=O) groups is 1. The number of rotatable bonds is 7. The Bertz CT molecular complexity index is 743. The highest BCUT2D eigenvalue weighted by molar-refractivity contribution is 5.99. The molecule has 0 radical (unpaired) electrons. The molecule has 0 aromatic carbocycles. The maximum atomic E-state index is 12.3. The predicted molar refractivity (Wildman–Crippen MR) is 99.0 cm³/mol. The summed E-state index contributed by atoms with van der Waals surface area (Å²) in [6.45, 7) is 4.50. The van der Waals surface area contributed by atoms with Crippen LogP contribution in [0.1, 0.15) is 37.2 Å². The summed E-state index contributed by atoms with van der Waals surface area (Å²) in [5.74, 6) is 0.625. The number of nitrogens with zero attached hydrogens (tertiary/aromatic N) is 2. The van der Waals surface area contributed by atoms with Gasteiger partial charge in [0.15, 0.2) is 0 Å². The van der Waals surface area contributed by atoms with Crippen LogP contribution >= 0.6 is 12.4 Å². The van der Waals surface area contributed by atoms with E-state index in [0.29, 0.717) is 23.7 Å². The number of amides is 1. The van der Waals surface area contributed by atoms with E-state index in [4.69, 9.17) is 5.73 Å². The molecular formula is C16H25ClN6O2. The summed E-state index contributed by atoms with van der Waals surface area (Å²) in [6.07, 6.45) is 3.31. The van der Waals surface area contributed by atoms with E-state index in [9.17, 15) is 9.90 Å². The van der Waals surface area contributed by atoms with Crippen LogP contribution in [0.15, 0.2) is 12.4 Å². The lowest BCUT2D eigenvalue weighted by Crippen LogP contribution is -2.39. The zero-order valence-corrected chi connectivity index (χ0v) is 15.2. The summed E-state index contributed by atoms with van der Waals surface area (Å²) < 4.78 is 0. The number of aliphatic hydroxyl groups is 1. The third-order valence-corrected chi connectivity index (χ3v) is 4.49. The van der Waals surface area contributed by atoms with Crippen LogP contribution in [-0.2, 0) is 0 Å². The van der Waals surface area contributed by atoms with Gasteiger partial charge in [-0.25, -0.2) is 9.97 Å². The molecule has 3 rings (SSSR count). The SMILES string of the molecule is CC(C)[C@H](CO)Nc1ncnc2[nH]c(C(=O)NCC3(N)CC3)cc12.Cl. The van der Waals surface area contributed by atoms with Crippen LogP contribution in [0.25, 0.3) is 11.0 Å². The molecular weight excluding hydrogens is 344 g/mol. The molecule has 0 spiro atoms. The molecule has 138 valence electrons. The van der Waals surface area contributed by atoms with Crippen LogP contribution in [0.3, 0.4) is 0 Å². The van der Waals surface area contributed by atoms with Gasteiger partial charge in [0, 0.05) is 12.1 Å². The number of fused-ring (bicyclic) bond motifs is 1. The first-order valence-corrected chi connectivity index (χ1v) is 8.20. The van der Waals surface area contributed by atoms with Crippen LogP contribution in [0.5, 0.6) is 0 Å². The highest BCUT2D eigenvalue weighted by atomic mass is 35.5. The first kappa shape index (κ1) is 19.4. The van der Waals surface area contributed by atoms with Crippen molar-refractivity contribution in [3.05, 3.63) is 18.1 Å². The predicted octanol–water partition coefficient (Wildman–Crippen LogP) is 1.03. The van der Waals surface area contributed by atoms with Gasteiger partial charge in [-0.3, -0.25) is 4.79 Å². The van der Waals surface area contributed by atoms with E-state index >= 15 is 0 Å². The maximum absolute atomic E-state index is 12.3. The minimum atomic E-state index is -0.236. The molecule has 2 aromatic heterocycles. The van der Waals surface area contributed by atoms with Crippen molar-refractivity contribution in [2.24, 2.45) is 11.7 Å². The average molecular weight is 369 g/mol. The highest BCUT2D eigenvalue weighted by Gasteiger charge is 2.38. The fraction of sp³-hybridized carbons (Fsp3) is 0.562.